The van der Waals surface area contributed by atoms with E-state index in [1.165, 1.54) is 18.9 Å². The van der Waals surface area contributed by atoms with E-state index in [4.69, 9.17) is 9.47 Å². The lowest BCUT2D eigenvalue weighted by atomic mass is 10.2. The molecule has 128 valence electrons. The Kier molecular flexibility index (Phi) is 4.29. The van der Waals surface area contributed by atoms with Gasteiger partial charge < -0.3 is 19.7 Å². The fraction of sp³-hybridized carbons (Fsp3) is 0.250. The zero-order chi connectivity index (χ0) is 17.1. The number of rotatable bonds is 4. The number of anilines is 2. The number of nitrogens with one attached hydrogen (secondary N) is 1. The maximum Gasteiger partial charge on any atom is 0.248 e. The van der Waals surface area contributed by atoms with Gasteiger partial charge >= 0.3 is 0 Å². The third-order valence-electron chi connectivity index (χ3n) is 4.43. The zero-order valence-corrected chi connectivity index (χ0v) is 13.9. The number of amides is 1. The predicted molar refractivity (Wildman–Crippen MR) is 98.1 cm³/mol. The molecule has 0 atom stereocenters. The molecule has 1 saturated heterocycles. The number of carbonyl (C=O) groups is 1. The van der Waals surface area contributed by atoms with Gasteiger partial charge in [-0.15, -0.1) is 0 Å². The second-order valence-corrected chi connectivity index (χ2v) is 6.15. The minimum atomic E-state index is -0.149. The lowest BCUT2D eigenvalue weighted by Crippen LogP contribution is -2.20. The third-order valence-corrected chi connectivity index (χ3v) is 4.43. The molecule has 0 aromatic heterocycles. The smallest absolute Gasteiger partial charge is 0.248 e. The van der Waals surface area contributed by atoms with Crippen molar-refractivity contribution in [3.63, 3.8) is 0 Å². The van der Waals surface area contributed by atoms with Crippen LogP contribution in [0.15, 0.2) is 48.5 Å². The van der Waals surface area contributed by atoms with Crippen molar-refractivity contribution >= 4 is 23.4 Å². The molecular weight excluding hydrogens is 316 g/mol. The second kappa shape index (κ2) is 6.89. The summed E-state index contributed by atoms with van der Waals surface area (Å²) in [5.41, 5.74) is 2.83. The first kappa shape index (κ1) is 15.6. The van der Waals surface area contributed by atoms with Crippen LogP contribution in [0, 0.1) is 0 Å². The Labute approximate surface area is 146 Å². The molecule has 1 fully saturated rings. The Morgan fingerprint density at radius 1 is 1.04 bits per heavy atom. The van der Waals surface area contributed by atoms with Crippen LogP contribution in [0.3, 0.4) is 0 Å². The van der Waals surface area contributed by atoms with Gasteiger partial charge in [0.15, 0.2) is 11.5 Å². The summed E-state index contributed by atoms with van der Waals surface area (Å²) >= 11 is 0. The number of fused-ring (bicyclic) bond motifs is 1. The number of nitrogens with zero attached hydrogens (tertiary/aromatic N) is 1. The van der Waals surface area contributed by atoms with E-state index < -0.39 is 0 Å². The number of benzene rings is 2. The summed E-state index contributed by atoms with van der Waals surface area (Å²) in [5.74, 6) is 1.30. The van der Waals surface area contributed by atoms with E-state index in [2.05, 4.69) is 16.3 Å². The molecule has 2 aliphatic rings. The van der Waals surface area contributed by atoms with Gasteiger partial charge in [-0.1, -0.05) is 18.2 Å². The SMILES string of the molecule is O=C(/C=C/c1ccc2c(c1)OCO2)Nc1ccccc1N1CCCC1. The number of carbonyl (C=O) groups excluding carboxylic acids is 1. The summed E-state index contributed by atoms with van der Waals surface area (Å²) in [6.45, 7) is 2.33. The van der Waals surface area contributed by atoms with Crippen molar-refractivity contribution in [1.82, 2.24) is 0 Å². The number of hydrogen-bond donors (Lipinski definition) is 1. The summed E-state index contributed by atoms with van der Waals surface area (Å²) < 4.78 is 10.6. The Morgan fingerprint density at radius 2 is 1.84 bits per heavy atom. The van der Waals surface area contributed by atoms with Crippen molar-refractivity contribution in [1.29, 1.82) is 0 Å². The molecule has 0 unspecified atom stereocenters. The first-order valence-electron chi connectivity index (χ1n) is 8.52. The van der Waals surface area contributed by atoms with Crippen molar-refractivity contribution in [2.24, 2.45) is 0 Å². The van der Waals surface area contributed by atoms with Crippen molar-refractivity contribution < 1.29 is 14.3 Å². The van der Waals surface area contributed by atoms with E-state index in [1.807, 2.05) is 36.4 Å². The van der Waals surface area contributed by atoms with Gasteiger partial charge in [-0.3, -0.25) is 4.79 Å². The minimum Gasteiger partial charge on any atom is -0.454 e. The molecule has 5 nitrogen and oxygen atoms in total. The maximum absolute atomic E-state index is 12.3. The maximum atomic E-state index is 12.3. The summed E-state index contributed by atoms with van der Waals surface area (Å²) in [5, 5.41) is 2.99. The molecule has 0 spiro atoms. The highest BCUT2D eigenvalue weighted by Crippen LogP contribution is 2.33. The van der Waals surface area contributed by atoms with Crippen LogP contribution >= 0.6 is 0 Å². The lowest BCUT2D eigenvalue weighted by Gasteiger charge is -2.21. The average Bonchev–Trinajstić information content (AvgIpc) is 3.31. The summed E-state index contributed by atoms with van der Waals surface area (Å²) in [7, 11) is 0. The van der Waals surface area contributed by atoms with Gasteiger partial charge in [-0.25, -0.2) is 0 Å². The predicted octanol–water partition coefficient (Wildman–Crippen LogP) is 3.67. The van der Waals surface area contributed by atoms with Gasteiger partial charge in [-0.05, 0) is 48.7 Å². The van der Waals surface area contributed by atoms with Gasteiger partial charge in [0.05, 0.1) is 11.4 Å². The van der Waals surface area contributed by atoms with E-state index in [1.54, 1.807) is 6.08 Å². The molecule has 0 radical (unpaired) electrons. The molecule has 2 heterocycles. The molecule has 2 aromatic carbocycles. The lowest BCUT2D eigenvalue weighted by molar-refractivity contribution is -0.111. The molecule has 1 N–H and O–H groups in total. The molecule has 0 saturated carbocycles. The van der Waals surface area contributed by atoms with Crippen LogP contribution in [-0.2, 0) is 4.79 Å². The van der Waals surface area contributed by atoms with Crippen molar-refractivity contribution in [2.75, 3.05) is 30.1 Å². The molecule has 4 rings (SSSR count). The number of para-hydroxylation sites is 2. The fourth-order valence-electron chi connectivity index (χ4n) is 3.18. The van der Waals surface area contributed by atoms with E-state index in [0.717, 1.165) is 35.8 Å². The Bertz CT molecular complexity index is 810. The molecule has 0 aliphatic carbocycles. The van der Waals surface area contributed by atoms with Crippen LogP contribution in [0.5, 0.6) is 11.5 Å². The fourth-order valence-corrected chi connectivity index (χ4v) is 3.18. The normalized spacial score (nSPS) is 15.8. The first-order valence-corrected chi connectivity index (χ1v) is 8.52. The highest BCUT2D eigenvalue weighted by atomic mass is 16.7. The zero-order valence-electron chi connectivity index (χ0n) is 13.9. The minimum absolute atomic E-state index is 0.149. The Morgan fingerprint density at radius 3 is 2.72 bits per heavy atom. The van der Waals surface area contributed by atoms with Gasteiger partial charge in [0.25, 0.3) is 0 Å². The third kappa shape index (κ3) is 3.45. The molecule has 5 heteroatoms. The van der Waals surface area contributed by atoms with Crippen LogP contribution < -0.4 is 19.7 Å². The summed E-state index contributed by atoms with van der Waals surface area (Å²) in [4.78, 5) is 14.6. The first-order chi connectivity index (χ1) is 12.3. The molecule has 2 aromatic rings. The van der Waals surface area contributed by atoms with Gasteiger partial charge in [0.1, 0.15) is 0 Å². The van der Waals surface area contributed by atoms with Gasteiger partial charge in [0, 0.05) is 19.2 Å². The van der Waals surface area contributed by atoms with Crippen LogP contribution in [-0.4, -0.2) is 25.8 Å². The molecule has 0 bridgehead atoms. The van der Waals surface area contributed by atoms with Crippen LogP contribution in [0.1, 0.15) is 18.4 Å². The summed E-state index contributed by atoms with van der Waals surface area (Å²) in [6, 6.07) is 13.6. The van der Waals surface area contributed by atoms with E-state index >= 15 is 0 Å². The molecule has 25 heavy (non-hydrogen) atoms. The largest absolute Gasteiger partial charge is 0.454 e. The van der Waals surface area contributed by atoms with Crippen molar-refractivity contribution in [2.45, 2.75) is 12.8 Å². The average molecular weight is 336 g/mol. The van der Waals surface area contributed by atoms with Crippen LogP contribution in [0.25, 0.3) is 6.08 Å². The highest BCUT2D eigenvalue weighted by molar-refractivity contribution is 6.03. The van der Waals surface area contributed by atoms with E-state index in [0.29, 0.717) is 5.75 Å². The highest BCUT2D eigenvalue weighted by Gasteiger charge is 2.16. The topological polar surface area (TPSA) is 50.8 Å². The standard InChI is InChI=1S/C20H20N2O3/c23-20(10-8-15-7-9-18-19(13-15)25-14-24-18)21-16-5-1-2-6-17(16)22-11-3-4-12-22/h1-2,5-10,13H,3-4,11-12,14H2,(H,21,23)/b10-8+. The van der Waals surface area contributed by atoms with Crippen molar-refractivity contribution in [3.05, 3.63) is 54.1 Å². The number of ether oxygens (including phenoxy) is 2. The Balaban J connectivity index is 1.45. The van der Waals surface area contributed by atoms with Crippen LogP contribution in [0.2, 0.25) is 0 Å². The van der Waals surface area contributed by atoms with Gasteiger partial charge in [-0.2, -0.15) is 0 Å². The quantitative estimate of drug-likeness (QED) is 0.866. The molecule has 1 amide bonds. The molecular formula is C20H20N2O3. The van der Waals surface area contributed by atoms with Crippen molar-refractivity contribution in [3.8, 4) is 11.5 Å². The Hall–Kier alpha value is -2.95. The summed E-state index contributed by atoms with van der Waals surface area (Å²) in [6.07, 6.45) is 5.71. The van der Waals surface area contributed by atoms with E-state index in [-0.39, 0.29) is 12.7 Å². The molecule has 2 aliphatic heterocycles. The number of hydrogen-bond acceptors (Lipinski definition) is 4. The van der Waals surface area contributed by atoms with Crippen LogP contribution in [0.4, 0.5) is 11.4 Å². The monoisotopic (exact) mass is 336 g/mol. The van der Waals surface area contributed by atoms with E-state index in [9.17, 15) is 4.79 Å². The van der Waals surface area contributed by atoms with Gasteiger partial charge in [0.2, 0.25) is 12.7 Å². The second-order valence-electron chi connectivity index (χ2n) is 6.15.